The summed E-state index contributed by atoms with van der Waals surface area (Å²) >= 11 is 0. The molecule has 5 rings (SSSR count). The van der Waals surface area contributed by atoms with Crippen molar-refractivity contribution in [2.75, 3.05) is 21.0 Å². The van der Waals surface area contributed by atoms with Crippen LogP contribution < -0.4 is 34.6 Å². The first kappa shape index (κ1) is 26.5. The highest BCUT2D eigenvalue weighted by molar-refractivity contribution is 5.76. The standard InChI is InChI=1S/C29H28N4O7/c1-36-21-5-3-4-19(12-21)16-38-23-10-7-20(14-25(23)37-2)28-31-29(35)22(32-33-28)8-11-27(34)30-15-18-6-9-24-26(13-18)40-17-39-24/h3-7,9-10,12-14H,8,11,15-17H2,1-2H3,(H,30,34)(H,31,33,35). The van der Waals surface area contributed by atoms with Crippen LogP contribution >= 0.6 is 0 Å². The van der Waals surface area contributed by atoms with E-state index in [1.165, 1.54) is 7.11 Å². The number of hydrogen-bond donors (Lipinski definition) is 2. The summed E-state index contributed by atoms with van der Waals surface area (Å²) in [5.74, 6) is 3.16. The molecular formula is C29H28N4O7. The second kappa shape index (κ2) is 12.2. The first-order chi connectivity index (χ1) is 19.5. The number of hydrogen-bond acceptors (Lipinski definition) is 9. The summed E-state index contributed by atoms with van der Waals surface area (Å²) < 4.78 is 27.3. The normalized spacial score (nSPS) is 11.7. The molecule has 4 aromatic rings. The van der Waals surface area contributed by atoms with Gasteiger partial charge in [-0.3, -0.25) is 9.59 Å². The van der Waals surface area contributed by atoms with E-state index >= 15 is 0 Å². The molecule has 0 aliphatic carbocycles. The van der Waals surface area contributed by atoms with Crippen molar-refractivity contribution >= 4 is 5.91 Å². The van der Waals surface area contributed by atoms with Gasteiger partial charge in [-0.15, -0.1) is 10.2 Å². The maximum Gasteiger partial charge on any atom is 0.273 e. The maximum absolute atomic E-state index is 12.7. The van der Waals surface area contributed by atoms with E-state index in [1.807, 2.05) is 36.4 Å². The minimum Gasteiger partial charge on any atom is -0.497 e. The van der Waals surface area contributed by atoms with Crippen molar-refractivity contribution in [1.29, 1.82) is 0 Å². The number of benzene rings is 3. The molecule has 1 aliphatic rings. The number of H-pyrrole nitrogens is 1. The largest absolute Gasteiger partial charge is 0.497 e. The number of aromatic amines is 1. The first-order valence-corrected chi connectivity index (χ1v) is 12.6. The molecule has 11 nitrogen and oxygen atoms in total. The average molecular weight is 545 g/mol. The quantitative estimate of drug-likeness (QED) is 0.291. The van der Waals surface area contributed by atoms with Gasteiger partial charge in [-0.05, 0) is 53.6 Å². The molecule has 1 aromatic heterocycles. The van der Waals surface area contributed by atoms with Gasteiger partial charge in [-0.1, -0.05) is 18.2 Å². The minimum absolute atomic E-state index is 0.0921. The molecule has 0 radical (unpaired) electrons. The third-order valence-electron chi connectivity index (χ3n) is 6.25. The van der Waals surface area contributed by atoms with E-state index in [0.29, 0.717) is 41.7 Å². The zero-order chi connectivity index (χ0) is 27.9. The Morgan fingerprint density at radius 3 is 2.65 bits per heavy atom. The van der Waals surface area contributed by atoms with Crippen molar-refractivity contribution in [3.63, 3.8) is 0 Å². The van der Waals surface area contributed by atoms with Gasteiger partial charge in [0.2, 0.25) is 12.7 Å². The summed E-state index contributed by atoms with van der Waals surface area (Å²) in [5.41, 5.74) is 2.19. The number of nitrogens with zero attached hydrogens (tertiary/aromatic N) is 2. The van der Waals surface area contributed by atoms with Gasteiger partial charge >= 0.3 is 0 Å². The van der Waals surface area contributed by atoms with Gasteiger partial charge in [0.1, 0.15) is 18.1 Å². The van der Waals surface area contributed by atoms with Gasteiger partial charge in [0, 0.05) is 24.9 Å². The van der Waals surface area contributed by atoms with Crippen LogP contribution in [0.1, 0.15) is 23.2 Å². The second-order valence-electron chi connectivity index (χ2n) is 8.92. The number of rotatable bonds is 11. The van der Waals surface area contributed by atoms with Crippen molar-refractivity contribution in [3.05, 3.63) is 87.8 Å². The lowest BCUT2D eigenvalue weighted by molar-refractivity contribution is -0.121. The number of aryl methyl sites for hydroxylation is 1. The van der Waals surface area contributed by atoms with Crippen molar-refractivity contribution in [2.45, 2.75) is 26.0 Å². The van der Waals surface area contributed by atoms with Crippen molar-refractivity contribution < 1.29 is 28.5 Å². The number of nitrogens with one attached hydrogen (secondary N) is 2. The van der Waals surface area contributed by atoms with Gasteiger partial charge in [0.15, 0.2) is 28.8 Å². The van der Waals surface area contributed by atoms with Crippen LogP contribution in [0.3, 0.4) is 0 Å². The van der Waals surface area contributed by atoms with E-state index in [4.69, 9.17) is 23.7 Å². The van der Waals surface area contributed by atoms with Crippen molar-refractivity contribution in [1.82, 2.24) is 20.5 Å². The zero-order valence-electron chi connectivity index (χ0n) is 22.1. The van der Waals surface area contributed by atoms with Crippen LogP contribution in [0.2, 0.25) is 0 Å². The van der Waals surface area contributed by atoms with Gasteiger partial charge < -0.3 is 34.0 Å². The Balaban J connectivity index is 1.17. The molecule has 11 heteroatoms. The molecule has 1 amide bonds. The minimum atomic E-state index is -0.411. The molecule has 40 heavy (non-hydrogen) atoms. The second-order valence-corrected chi connectivity index (χ2v) is 8.92. The Morgan fingerprint density at radius 2 is 1.82 bits per heavy atom. The Bertz CT molecular complexity index is 1570. The Kier molecular flexibility index (Phi) is 8.10. The number of aromatic nitrogens is 3. The van der Waals surface area contributed by atoms with Crippen LogP contribution in [0, 0.1) is 0 Å². The molecule has 0 unspecified atom stereocenters. The van der Waals surface area contributed by atoms with E-state index in [-0.39, 0.29) is 37.1 Å². The zero-order valence-corrected chi connectivity index (χ0v) is 22.1. The number of methoxy groups -OCH3 is 2. The molecule has 1 aliphatic heterocycles. The summed E-state index contributed by atoms with van der Waals surface area (Å²) in [5, 5.41) is 11.1. The van der Waals surface area contributed by atoms with E-state index in [0.717, 1.165) is 16.9 Å². The summed E-state index contributed by atoms with van der Waals surface area (Å²) in [4.78, 5) is 27.7. The lowest BCUT2D eigenvalue weighted by Crippen LogP contribution is -2.25. The highest BCUT2D eigenvalue weighted by atomic mass is 16.7. The van der Waals surface area contributed by atoms with E-state index in [1.54, 1.807) is 31.4 Å². The van der Waals surface area contributed by atoms with Gasteiger partial charge in [0.25, 0.3) is 5.56 Å². The van der Waals surface area contributed by atoms with Crippen LogP contribution in [0.15, 0.2) is 65.5 Å². The molecule has 2 heterocycles. The predicted molar refractivity (Wildman–Crippen MR) is 145 cm³/mol. The molecule has 0 saturated heterocycles. The van der Waals surface area contributed by atoms with E-state index < -0.39 is 5.56 Å². The number of ether oxygens (including phenoxy) is 5. The van der Waals surface area contributed by atoms with Gasteiger partial charge in [-0.25, -0.2) is 0 Å². The molecule has 0 bridgehead atoms. The van der Waals surface area contributed by atoms with Crippen molar-refractivity contribution in [3.8, 4) is 40.1 Å². The highest BCUT2D eigenvalue weighted by Gasteiger charge is 2.15. The van der Waals surface area contributed by atoms with Crippen LogP contribution in [-0.4, -0.2) is 42.1 Å². The Labute approximate surface area is 230 Å². The van der Waals surface area contributed by atoms with E-state index in [2.05, 4.69) is 20.5 Å². The fourth-order valence-corrected chi connectivity index (χ4v) is 4.08. The molecule has 0 saturated carbocycles. The highest BCUT2D eigenvalue weighted by Crippen LogP contribution is 2.33. The number of carbonyl (C=O) groups is 1. The fraction of sp³-hybridized carbons (Fsp3) is 0.241. The maximum atomic E-state index is 12.7. The average Bonchev–Trinajstić information content (AvgIpc) is 3.46. The topological polar surface area (TPSA) is 134 Å². The van der Waals surface area contributed by atoms with Crippen molar-refractivity contribution in [2.24, 2.45) is 0 Å². The summed E-state index contributed by atoms with van der Waals surface area (Å²) in [7, 11) is 3.15. The molecule has 2 N–H and O–H groups in total. The smallest absolute Gasteiger partial charge is 0.273 e. The predicted octanol–water partition coefficient (Wildman–Crippen LogP) is 3.41. The first-order valence-electron chi connectivity index (χ1n) is 12.6. The lowest BCUT2D eigenvalue weighted by Gasteiger charge is -2.12. The molecule has 206 valence electrons. The summed E-state index contributed by atoms with van der Waals surface area (Å²) in [6.07, 6.45) is 0.241. The number of amides is 1. The molecule has 0 atom stereocenters. The van der Waals surface area contributed by atoms with Crippen LogP contribution in [-0.2, 0) is 24.4 Å². The van der Waals surface area contributed by atoms with Crippen LogP contribution in [0.25, 0.3) is 11.4 Å². The third-order valence-corrected chi connectivity index (χ3v) is 6.25. The monoisotopic (exact) mass is 544 g/mol. The molecule has 0 spiro atoms. The number of fused-ring (bicyclic) bond motifs is 1. The van der Waals surface area contributed by atoms with Gasteiger partial charge in [-0.2, -0.15) is 0 Å². The van der Waals surface area contributed by atoms with Crippen LogP contribution in [0.5, 0.6) is 28.7 Å². The molecule has 3 aromatic carbocycles. The summed E-state index contributed by atoms with van der Waals surface area (Å²) in [6.45, 7) is 0.845. The fourth-order valence-electron chi connectivity index (χ4n) is 4.08. The van der Waals surface area contributed by atoms with Crippen LogP contribution in [0.4, 0.5) is 0 Å². The molecule has 0 fully saturated rings. The van der Waals surface area contributed by atoms with Gasteiger partial charge in [0.05, 0.1) is 14.2 Å². The Hall–Kier alpha value is -5.06. The SMILES string of the molecule is COc1cccc(COc2ccc(-c3nnc(CCC(=O)NCc4ccc5c(c4)OCO5)c(=O)[nH]3)cc2OC)c1. The summed E-state index contributed by atoms with van der Waals surface area (Å²) in [6, 6.07) is 18.3. The molecular weight excluding hydrogens is 516 g/mol. The third kappa shape index (κ3) is 6.32. The number of carbonyl (C=O) groups excluding carboxylic acids is 1. The van der Waals surface area contributed by atoms with E-state index in [9.17, 15) is 9.59 Å². The lowest BCUT2D eigenvalue weighted by atomic mass is 10.1. The Morgan fingerprint density at radius 1 is 0.950 bits per heavy atom.